The van der Waals surface area contributed by atoms with Crippen molar-refractivity contribution in [3.8, 4) is 5.69 Å². The van der Waals surface area contributed by atoms with E-state index in [2.05, 4.69) is 17.2 Å². The van der Waals surface area contributed by atoms with E-state index in [1.165, 1.54) is 6.07 Å². The molecule has 0 unspecified atom stereocenters. The van der Waals surface area contributed by atoms with Crippen molar-refractivity contribution in [1.82, 2.24) is 14.9 Å². The van der Waals surface area contributed by atoms with E-state index in [9.17, 15) is 4.39 Å². The van der Waals surface area contributed by atoms with Crippen LogP contribution < -0.4 is 5.32 Å². The van der Waals surface area contributed by atoms with E-state index < -0.39 is 5.82 Å². The van der Waals surface area contributed by atoms with Crippen molar-refractivity contribution in [2.24, 2.45) is 0 Å². The summed E-state index contributed by atoms with van der Waals surface area (Å²) in [5.41, 5.74) is 1.29. The topological polar surface area (TPSA) is 29.9 Å². The van der Waals surface area contributed by atoms with Crippen molar-refractivity contribution in [1.29, 1.82) is 0 Å². The maximum atomic E-state index is 13.8. The second-order valence-corrected chi connectivity index (χ2v) is 4.43. The fourth-order valence-electron chi connectivity index (χ4n) is 1.67. The molecule has 1 aromatic carbocycles. The lowest BCUT2D eigenvalue weighted by Crippen LogP contribution is -2.13. The number of nitrogens with zero attached hydrogens (tertiary/aromatic N) is 2. The lowest BCUT2D eigenvalue weighted by atomic mass is 10.3. The number of hydrogen-bond acceptors (Lipinski definition) is 2. The van der Waals surface area contributed by atoms with Gasteiger partial charge in [0.05, 0.1) is 22.7 Å². The number of aromatic nitrogens is 2. The zero-order valence-electron chi connectivity index (χ0n) is 10.2. The van der Waals surface area contributed by atoms with Crippen LogP contribution in [0.5, 0.6) is 0 Å². The fraction of sp³-hybridized carbons (Fsp3) is 0.308. The smallest absolute Gasteiger partial charge is 0.165 e. The molecule has 0 radical (unpaired) electrons. The van der Waals surface area contributed by atoms with Crippen molar-refractivity contribution >= 4 is 11.6 Å². The van der Waals surface area contributed by atoms with Crippen LogP contribution in [0.4, 0.5) is 4.39 Å². The van der Waals surface area contributed by atoms with Gasteiger partial charge >= 0.3 is 0 Å². The van der Waals surface area contributed by atoms with Crippen LogP contribution >= 0.6 is 11.6 Å². The van der Waals surface area contributed by atoms with Crippen LogP contribution in [-0.4, -0.2) is 16.1 Å². The highest BCUT2D eigenvalue weighted by Gasteiger charge is 2.08. The van der Waals surface area contributed by atoms with Gasteiger partial charge in [0, 0.05) is 12.7 Å². The number of rotatable bonds is 5. The number of halogens is 2. The van der Waals surface area contributed by atoms with E-state index in [-0.39, 0.29) is 5.02 Å². The molecular weight excluding hydrogens is 253 g/mol. The van der Waals surface area contributed by atoms with E-state index in [1.54, 1.807) is 29.2 Å². The number of imidazole rings is 1. The molecule has 0 spiro atoms. The first-order valence-corrected chi connectivity index (χ1v) is 6.28. The van der Waals surface area contributed by atoms with Crippen molar-refractivity contribution in [2.45, 2.75) is 19.9 Å². The minimum absolute atomic E-state index is 0.117. The Morgan fingerprint density at radius 2 is 2.28 bits per heavy atom. The number of hydrogen-bond donors (Lipinski definition) is 1. The summed E-state index contributed by atoms with van der Waals surface area (Å²) in [5, 5.41) is 3.36. The average molecular weight is 268 g/mol. The van der Waals surface area contributed by atoms with Crippen LogP contribution in [0.3, 0.4) is 0 Å². The van der Waals surface area contributed by atoms with Crippen molar-refractivity contribution in [2.75, 3.05) is 6.54 Å². The lowest BCUT2D eigenvalue weighted by molar-refractivity contribution is 0.618. The van der Waals surface area contributed by atoms with Gasteiger partial charge in [-0.25, -0.2) is 9.37 Å². The molecule has 0 saturated carbocycles. The van der Waals surface area contributed by atoms with Crippen LogP contribution in [0.15, 0.2) is 30.7 Å². The van der Waals surface area contributed by atoms with Gasteiger partial charge in [-0.2, -0.15) is 0 Å². The SMILES string of the molecule is CCCNCc1cn(-c2cccc(Cl)c2F)cn1. The highest BCUT2D eigenvalue weighted by atomic mass is 35.5. The van der Waals surface area contributed by atoms with Gasteiger partial charge in [-0.15, -0.1) is 0 Å². The molecule has 1 heterocycles. The minimum Gasteiger partial charge on any atom is -0.311 e. The second-order valence-electron chi connectivity index (χ2n) is 4.02. The molecule has 0 atom stereocenters. The lowest BCUT2D eigenvalue weighted by Gasteiger charge is -2.04. The highest BCUT2D eigenvalue weighted by molar-refractivity contribution is 6.30. The molecule has 0 aliphatic heterocycles. The first-order valence-electron chi connectivity index (χ1n) is 5.90. The molecule has 5 heteroatoms. The van der Waals surface area contributed by atoms with Gasteiger partial charge in [-0.1, -0.05) is 24.6 Å². The van der Waals surface area contributed by atoms with Crippen molar-refractivity contribution < 1.29 is 4.39 Å². The van der Waals surface area contributed by atoms with Crippen LogP contribution in [0.1, 0.15) is 19.0 Å². The third-order valence-corrected chi connectivity index (χ3v) is 2.87. The normalized spacial score (nSPS) is 10.8. The van der Waals surface area contributed by atoms with Gasteiger partial charge < -0.3 is 9.88 Å². The molecule has 2 rings (SSSR count). The third-order valence-electron chi connectivity index (χ3n) is 2.58. The monoisotopic (exact) mass is 267 g/mol. The molecule has 0 aliphatic carbocycles. The largest absolute Gasteiger partial charge is 0.311 e. The summed E-state index contributed by atoms with van der Waals surface area (Å²) in [6, 6.07) is 4.92. The molecule has 1 N–H and O–H groups in total. The van der Waals surface area contributed by atoms with Gasteiger partial charge in [0.1, 0.15) is 0 Å². The number of benzene rings is 1. The van der Waals surface area contributed by atoms with Crippen LogP contribution in [0.2, 0.25) is 5.02 Å². The van der Waals surface area contributed by atoms with E-state index >= 15 is 0 Å². The Balaban J connectivity index is 2.16. The predicted molar refractivity (Wildman–Crippen MR) is 70.5 cm³/mol. The highest BCUT2D eigenvalue weighted by Crippen LogP contribution is 2.21. The molecule has 2 aromatic rings. The molecule has 0 saturated heterocycles. The summed E-state index contributed by atoms with van der Waals surface area (Å²) < 4.78 is 15.5. The zero-order valence-corrected chi connectivity index (χ0v) is 10.9. The molecule has 0 amide bonds. The Hall–Kier alpha value is -1.39. The van der Waals surface area contributed by atoms with Crippen molar-refractivity contribution in [3.63, 3.8) is 0 Å². The van der Waals surface area contributed by atoms with Gasteiger partial charge in [-0.05, 0) is 25.1 Å². The zero-order chi connectivity index (χ0) is 13.0. The maximum absolute atomic E-state index is 13.8. The molecule has 0 fully saturated rings. The summed E-state index contributed by atoms with van der Waals surface area (Å²) in [4.78, 5) is 4.23. The Bertz CT molecular complexity index is 525. The standard InChI is InChI=1S/C13H15ClFN3/c1-2-6-16-7-10-8-18(9-17-10)12-5-3-4-11(14)13(12)15/h3-5,8-9,16H,2,6-7H2,1H3. The Morgan fingerprint density at radius 3 is 3.06 bits per heavy atom. The van der Waals surface area contributed by atoms with E-state index in [0.717, 1.165) is 18.7 Å². The molecule has 0 bridgehead atoms. The number of nitrogens with one attached hydrogen (secondary N) is 1. The van der Waals surface area contributed by atoms with Crippen LogP contribution in [0, 0.1) is 5.82 Å². The molecule has 18 heavy (non-hydrogen) atoms. The van der Waals surface area contributed by atoms with Gasteiger partial charge in [0.25, 0.3) is 0 Å². The molecule has 0 aliphatic rings. The van der Waals surface area contributed by atoms with Gasteiger partial charge in [-0.3, -0.25) is 0 Å². The Kier molecular flexibility index (Phi) is 4.33. The molecule has 3 nitrogen and oxygen atoms in total. The maximum Gasteiger partial charge on any atom is 0.165 e. The Labute approximate surface area is 111 Å². The van der Waals surface area contributed by atoms with Crippen molar-refractivity contribution in [3.05, 3.63) is 47.3 Å². The minimum atomic E-state index is -0.426. The van der Waals surface area contributed by atoms with Gasteiger partial charge in [0.15, 0.2) is 5.82 Å². The second kappa shape index (κ2) is 5.98. The molecule has 96 valence electrons. The van der Waals surface area contributed by atoms with Crippen LogP contribution in [0.25, 0.3) is 5.69 Å². The summed E-state index contributed by atoms with van der Waals surface area (Å²) in [6.45, 7) is 3.73. The summed E-state index contributed by atoms with van der Waals surface area (Å²) >= 11 is 5.75. The molecule has 1 aromatic heterocycles. The summed E-state index contributed by atoms with van der Waals surface area (Å²) in [6.07, 6.45) is 4.47. The van der Waals surface area contributed by atoms with E-state index in [1.807, 2.05) is 0 Å². The average Bonchev–Trinajstić information content (AvgIpc) is 2.82. The summed E-state index contributed by atoms with van der Waals surface area (Å²) in [7, 11) is 0. The fourth-order valence-corrected chi connectivity index (χ4v) is 1.84. The first-order chi connectivity index (χ1) is 8.72. The predicted octanol–water partition coefficient (Wildman–Crippen LogP) is 3.16. The molecular formula is C13H15ClFN3. The third kappa shape index (κ3) is 2.89. The Morgan fingerprint density at radius 1 is 1.44 bits per heavy atom. The summed E-state index contributed by atoms with van der Waals surface area (Å²) in [5.74, 6) is -0.426. The van der Waals surface area contributed by atoms with Gasteiger partial charge in [0.2, 0.25) is 0 Å². The van der Waals surface area contributed by atoms with Crippen LogP contribution in [-0.2, 0) is 6.54 Å². The quantitative estimate of drug-likeness (QED) is 0.844. The van der Waals surface area contributed by atoms with E-state index in [0.29, 0.717) is 12.2 Å². The van der Waals surface area contributed by atoms with E-state index in [4.69, 9.17) is 11.6 Å². The first kappa shape index (κ1) is 13.1.